The largest absolute Gasteiger partial charge is 0.484 e. The fraction of sp³-hybridized carbons (Fsp3) is 0.571. The molecule has 1 aromatic carbocycles. The van der Waals surface area contributed by atoms with Crippen molar-refractivity contribution in [1.29, 1.82) is 0 Å². The maximum Gasteiger partial charge on any atom is 0.167 e. The van der Waals surface area contributed by atoms with Gasteiger partial charge < -0.3 is 14.3 Å². The zero-order valence-electron chi connectivity index (χ0n) is 11.2. The first kappa shape index (κ1) is 11.8. The number of fused-ring (bicyclic) bond motifs is 3. The van der Waals surface area contributed by atoms with Crippen LogP contribution in [0.25, 0.3) is 0 Å². The second-order valence-electron chi connectivity index (χ2n) is 5.63. The second-order valence-corrected chi connectivity index (χ2v) is 5.63. The van der Waals surface area contributed by atoms with Crippen molar-refractivity contribution in [2.45, 2.75) is 44.9 Å². The van der Waals surface area contributed by atoms with E-state index in [1.807, 2.05) is 6.92 Å². The van der Waals surface area contributed by atoms with Gasteiger partial charge in [0.05, 0.1) is 13.2 Å². The molecule has 0 saturated heterocycles. The third-order valence-corrected chi connectivity index (χ3v) is 3.57. The molecule has 4 heteroatoms. The van der Waals surface area contributed by atoms with Crippen molar-refractivity contribution in [2.75, 3.05) is 7.11 Å². The molecule has 98 valence electrons. The highest BCUT2D eigenvalue weighted by molar-refractivity contribution is 5.57. The third-order valence-electron chi connectivity index (χ3n) is 3.57. The molecule has 0 radical (unpaired) electrons. The zero-order chi connectivity index (χ0) is 12.9. The van der Waals surface area contributed by atoms with E-state index < -0.39 is 0 Å². The summed E-state index contributed by atoms with van der Waals surface area (Å²) in [5.41, 5.74) is 5.18. The number of nitrogens with one attached hydrogen (secondary N) is 1. The lowest BCUT2D eigenvalue weighted by Gasteiger charge is -2.17. The molecule has 0 amide bonds. The number of ether oxygens (including phenoxy) is 2. The summed E-state index contributed by atoms with van der Waals surface area (Å²) in [6.45, 7) is 6.23. The molecular weight excluding hydrogens is 230 g/mol. The lowest BCUT2D eigenvalue weighted by atomic mass is 9.98. The molecule has 0 bridgehead atoms. The minimum Gasteiger partial charge on any atom is -0.484 e. The summed E-state index contributed by atoms with van der Waals surface area (Å²) in [5, 5.41) is 0. The molecule has 0 saturated carbocycles. The van der Waals surface area contributed by atoms with Crippen LogP contribution in [-0.2, 0) is 11.3 Å². The molecule has 2 atom stereocenters. The first-order valence-corrected chi connectivity index (χ1v) is 6.32. The average molecular weight is 249 g/mol. The topological polar surface area (TPSA) is 39.7 Å². The van der Waals surface area contributed by atoms with Gasteiger partial charge in [0.25, 0.3) is 0 Å². The molecule has 0 fully saturated rings. The van der Waals surface area contributed by atoms with Crippen LogP contribution >= 0.6 is 0 Å². The standard InChI is InChI=1S/C14H19NO3/c1-8-11(15-16-4)10-6-5-9-7-14(2,3)18-12(9)13(10)17-8/h5-6,8,11,15H,7H2,1-4H3. The van der Waals surface area contributed by atoms with E-state index in [0.29, 0.717) is 0 Å². The van der Waals surface area contributed by atoms with Gasteiger partial charge in [0, 0.05) is 17.5 Å². The van der Waals surface area contributed by atoms with Crippen LogP contribution in [0.5, 0.6) is 11.5 Å². The molecule has 1 aromatic rings. The van der Waals surface area contributed by atoms with E-state index >= 15 is 0 Å². The molecular formula is C14H19NO3. The van der Waals surface area contributed by atoms with Gasteiger partial charge in [0.2, 0.25) is 0 Å². The molecule has 18 heavy (non-hydrogen) atoms. The van der Waals surface area contributed by atoms with E-state index in [-0.39, 0.29) is 17.7 Å². The predicted octanol–water partition coefficient (Wildman–Crippen LogP) is 2.37. The first-order valence-electron chi connectivity index (χ1n) is 6.32. The molecule has 1 N–H and O–H groups in total. The highest BCUT2D eigenvalue weighted by Crippen LogP contribution is 2.49. The first-order chi connectivity index (χ1) is 8.52. The summed E-state index contributed by atoms with van der Waals surface area (Å²) in [4.78, 5) is 5.04. The van der Waals surface area contributed by atoms with Gasteiger partial charge in [-0.3, -0.25) is 0 Å². The maximum absolute atomic E-state index is 6.02. The molecule has 0 aliphatic carbocycles. The van der Waals surface area contributed by atoms with Crippen molar-refractivity contribution in [1.82, 2.24) is 5.48 Å². The highest BCUT2D eigenvalue weighted by atomic mass is 16.6. The Morgan fingerprint density at radius 1 is 1.33 bits per heavy atom. The Labute approximate surface area is 107 Å². The van der Waals surface area contributed by atoms with E-state index in [0.717, 1.165) is 23.5 Å². The van der Waals surface area contributed by atoms with Crippen molar-refractivity contribution in [3.63, 3.8) is 0 Å². The van der Waals surface area contributed by atoms with Crippen LogP contribution in [0.2, 0.25) is 0 Å². The Morgan fingerprint density at radius 2 is 2.11 bits per heavy atom. The van der Waals surface area contributed by atoms with Crippen LogP contribution in [0.3, 0.4) is 0 Å². The van der Waals surface area contributed by atoms with E-state index in [9.17, 15) is 0 Å². The predicted molar refractivity (Wildman–Crippen MR) is 67.8 cm³/mol. The SMILES string of the molecule is CONC1c2ccc3c(c2OC1C)OC(C)(C)C3. The fourth-order valence-corrected chi connectivity index (χ4v) is 2.80. The normalized spacial score (nSPS) is 27.3. The van der Waals surface area contributed by atoms with E-state index in [2.05, 4.69) is 31.5 Å². The molecule has 0 aromatic heterocycles. The Kier molecular flexibility index (Phi) is 2.54. The highest BCUT2D eigenvalue weighted by Gasteiger charge is 2.39. The van der Waals surface area contributed by atoms with Crippen molar-refractivity contribution in [3.8, 4) is 11.5 Å². The number of hydrogen-bond acceptors (Lipinski definition) is 4. The Hall–Kier alpha value is -1.26. The van der Waals surface area contributed by atoms with Gasteiger partial charge in [-0.1, -0.05) is 12.1 Å². The molecule has 3 rings (SSSR count). The Bertz CT molecular complexity index is 484. The van der Waals surface area contributed by atoms with Gasteiger partial charge in [0.1, 0.15) is 11.7 Å². The second kappa shape index (κ2) is 3.87. The average Bonchev–Trinajstić information content (AvgIpc) is 2.76. The van der Waals surface area contributed by atoms with E-state index in [1.165, 1.54) is 5.56 Å². The van der Waals surface area contributed by atoms with Crippen molar-refractivity contribution in [2.24, 2.45) is 0 Å². The molecule has 2 unspecified atom stereocenters. The number of hydrogen-bond donors (Lipinski definition) is 1. The number of rotatable bonds is 2. The summed E-state index contributed by atoms with van der Waals surface area (Å²) in [7, 11) is 1.62. The van der Waals surface area contributed by atoms with Gasteiger partial charge in [-0.2, -0.15) is 5.48 Å². The van der Waals surface area contributed by atoms with E-state index in [1.54, 1.807) is 7.11 Å². The minimum atomic E-state index is -0.142. The summed E-state index contributed by atoms with van der Waals surface area (Å²) < 4.78 is 12.0. The third kappa shape index (κ3) is 1.68. The fourth-order valence-electron chi connectivity index (χ4n) is 2.80. The Balaban J connectivity index is 2.02. The molecule has 2 heterocycles. The quantitative estimate of drug-likeness (QED) is 0.817. The van der Waals surface area contributed by atoms with Gasteiger partial charge in [0.15, 0.2) is 11.5 Å². The lowest BCUT2D eigenvalue weighted by molar-refractivity contribution is 0.0332. The lowest BCUT2D eigenvalue weighted by Crippen LogP contribution is -2.27. The van der Waals surface area contributed by atoms with Crippen LogP contribution in [0.1, 0.15) is 37.9 Å². The monoisotopic (exact) mass is 249 g/mol. The van der Waals surface area contributed by atoms with Crippen LogP contribution in [0, 0.1) is 0 Å². The smallest absolute Gasteiger partial charge is 0.167 e. The van der Waals surface area contributed by atoms with Crippen LogP contribution in [0.4, 0.5) is 0 Å². The summed E-state index contributed by atoms with van der Waals surface area (Å²) in [6, 6.07) is 4.30. The van der Waals surface area contributed by atoms with Crippen LogP contribution < -0.4 is 15.0 Å². The van der Waals surface area contributed by atoms with Crippen molar-refractivity contribution in [3.05, 3.63) is 23.3 Å². The van der Waals surface area contributed by atoms with Crippen molar-refractivity contribution < 1.29 is 14.3 Å². The van der Waals surface area contributed by atoms with Gasteiger partial charge in [-0.25, -0.2) is 0 Å². The van der Waals surface area contributed by atoms with Crippen LogP contribution in [-0.4, -0.2) is 18.8 Å². The van der Waals surface area contributed by atoms with Gasteiger partial charge >= 0.3 is 0 Å². The zero-order valence-corrected chi connectivity index (χ0v) is 11.2. The van der Waals surface area contributed by atoms with E-state index in [4.69, 9.17) is 14.3 Å². The Morgan fingerprint density at radius 3 is 2.83 bits per heavy atom. The summed E-state index contributed by atoms with van der Waals surface area (Å²) in [6.07, 6.45) is 0.967. The summed E-state index contributed by atoms with van der Waals surface area (Å²) in [5.74, 6) is 1.78. The molecule has 2 aliphatic heterocycles. The van der Waals surface area contributed by atoms with Crippen LogP contribution in [0.15, 0.2) is 12.1 Å². The van der Waals surface area contributed by atoms with Gasteiger partial charge in [-0.05, 0) is 20.8 Å². The molecule has 0 spiro atoms. The van der Waals surface area contributed by atoms with Crippen molar-refractivity contribution >= 4 is 0 Å². The molecule has 4 nitrogen and oxygen atoms in total. The molecule has 2 aliphatic rings. The van der Waals surface area contributed by atoms with Gasteiger partial charge in [-0.15, -0.1) is 0 Å². The number of hydroxylamine groups is 1. The minimum absolute atomic E-state index is 0.0405. The number of benzene rings is 1. The maximum atomic E-state index is 6.02. The summed E-state index contributed by atoms with van der Waals surface area (Å²) >= 11 is 0.